The van der Waals surface area contributed by atoms with E-state index in [4.69, 9.17) is 10.5 Å². The highest BCUT2D eigenvalue weighted by atomic mass is 32.2. The largest absolute Gasteiger partial charge is 0.290 e. The molecule has 0 amide bonds. The summed E-state index contributed by atoms with van der Waals surface area (Å²) in [5.41, 5.74) is 0.352. The Morgan fingerprint density at radius 2 is 2.17 bits per heavy atom. The molecule has 2 rings (SSSR count). The zero-order valence-electron chi connectivity index (χ0n) is 12.0. The van der Waals surface area contributed by atoms with Crippen molar-refractivity contribution < 1.29 is 4.79 Å². The van der Waals surface area contributed by atoms with Crippen LogP contribution in [0.1, 0.15) is 22.8 Å². The fraction of sp³-hybridized carbons (Fsp3) is 0.214. The second kappa shape index (κ2) is 8.13. The van der Waals surface area contributed by atoms with E-state index in [1.807, 2.05) is 13.0 Å². The maximum Gasteiger partial charge on any atom is 0.252 e. The van der Waals surface area contributed by atoms with Gasteiger partial charge in [-0.1, -0.05) is 42.2 Å². The fourth-order valence-corrected chi connectivity index (χ4v) is 3.18. The lowest BCUT2D eigenvalue weighted by atomic mass is 10.0. The van der Waals surface area contributed by atoms with Gasteiger partial charge in [0.05, 0.1) is 17.7 Å². The van der Waals surface area contributed by atoms with Gasteiger partial charge in [-0.05, 0) is 17.9 Å². The normalized spacial score (nSPS) is 11.8. The molecule has 1 aromatic heterocycles. The molecule has 0 radical (unpaired) electrons. The van der Waals surface area contributed by atoms with Crippen molar-refractivity contribution in [3.05, 3.63) is 35.4 Å². The lowest BCUT2D eigenvalue weighted by molar-refractivity contribution is 0.0979. The first-order valence-corrected chi connectivity index (χ1v) is 8.30. The second-order valence-corrected chi connectivity index (χ2v) is 6.52. The van der Waals surface area contributed by atoms with Gasteiger partial charge in [0, 0.05) is 5.56 Å². The fourth-order valence-electron chi connectivity index (χ4n) is 1.61. The summed E-state index contributed by atoms with van der Waals surface area (Å²) in [5, 5.41) is 33.7. The van der Waals surface area contributed by atoms with Crippen LogP contribution in [0.2, 0.25) is 0 Å². The zero-order valence-corrected chi connectivity index (χ0v) is 13.6. The average Bonchev–Trinajstić information content (AvgIpc) is 3.03. The van der Waals surface area contributed by atoms with Gasteiger partial charge in [0.1, 0.15) is 0 Å². The molecular formula is C14H10N6OS2. The first-order valence-electron chi connectivity index (χ1n) is 6.49. The molecule has 114 valence electrons. The van der Waals surface area contributed by atoms with E-state index in [0.29, 0.717) is 0 Å². The van der Waals surface area contributed by atoms with Crippen molar-refractivity contribution in [3.63, 3.8) is 0 Å². The third-order valence-corrected chi connectivity index (χ3v) is 4.43. The zero-order chi connectivity index (χ0) is 16.7. The number of hydrogen-bond acceptors (Lipinski definition) is 9. The summed E-state index contributed by atoms with van der Waals surface area (Å²) in [6, 6.07) is 8.65. The van der Waals surface area contributed by atoms with E-state index < -0.39 is 11.8 Å². The monoisotopic (exact) mass is 342 g/mol. The number of Topliss-reactive ketones (excluding diaryl/α,β-unsaturated/α-hetero) is 1. The van der Waals surface area contributed by atoms with E-state index in [2.05, 4.69) is 20.4 Å². The lowest BCUT2D eigenvalue weighted by Crippen LogP contribution is -2.17. The third kappa shape index (κ3) is 4.19. The molecule has 9 heteroatoms. The number of benzene rings is 1. The third-order valence-electron chi connectivity index (χ3n) is 2.61. The number of ketones is 1. The molecule has 1 aromatic carbocycles. The van der Waals surface area contributed by atoms with Gasteiger partial charge in [-0.25, -0.2) is 0 Å². The van der Waals surface area contributed by atoms with Crippen molar-refractivity contribution in [2.45, 2.75) is 17.3 Å². The Labute approximate surface area is 140 Å². The van der Waals surface area contributed by atoms with Crippen LogP contribution in [0.5, 0.6) is 0 Å². The van der Waals surface area contributed by atoms with Gasteiger partial charge in [0.2, 0.25) is 11.8 Å². The van der Waals surface area contributed by atoms with Crippen LogP contribution in [0.4, 0.5) is 5.13 Å². The molecule has 0 N–H and O–H groups in total. The number of azo groups is 1. The Morgan fingerprint density at radius 1 is 1.39 bits per heavy atom. The van der Waals surface area contributed by atoms with Crippen LogP contribution < -0.4 is 0 Å². The van der Waals surface area contributed by atoms with Gasteiger partial charge in [0.15, 0.2) is 4.34 Å². The quantitative estimate of drug-likeness (QED) is 0.451. The summed E-state index contributed by atoms with van der Waals surface area (Å²) >= 11 is 2.75. The number of nitrogens with zero attached hydrogens (tertiary/aromatic N) is 6. The highest BCUT2D eigenvalue weighted by molar-refractivity contribution is 8.01. The molecule has 7 nitrogen and oxygen atoms in total. The van der Waals surface area contributed by atoms with Crippen LogP contribution >= 0.6 is 23.1 Å². The molecule has 0 bridgehead atoms. The van der Waals surface area contributed by atoms with Gasteiger partial charge in [0.25, 0.3) is 5.13 Å². The van der Waals surface area contributed by atoms with Crippen LogP contribution in [0.3, 0.4) is 0 Å². The number of nitriles is 2. The van der Waals surface area contributed by atoms with Gasteiger partial charge >= 0.3 is 0 Å². The molecule has 1 heterocycles. The van der Waals surface area contributed by atoms with Crippen LogP contribution in [0.25, 0.3) is 0 Å². The predicted octanol–water partition coefficient (Wildman–Crippen LogP) is 3.38. The minimum absolute atomic E-state index is 0.153. The number of carbonyl (C=O) groups excluding carboxylic acids is 1. The van der Waals surface area contributed by atoms with Gasteiger partial charge < -0.3 is 0 Å². The van der Waals surface area contributed by atoms with Crippen molar-refractivity contribution >= 4 is 34.0 Å². The average molecular weight is 342 g/mol. The Hall–Kier alpha value is -2.62. The van der Waals surface area contributed by atoms with Crippen LogP contribution in [0, 0.1) is 22.7 Å². The number of rotatable bonds is 6. The summed E-state index contributed by atoms with van der Waals surface area (Å²) < 4.78 is 0.746. The van der Waals surface area contributed by atoms with Crippen LogP contribution in [-0.2, 0) is 0 Å². The number of aromatic nitrogens is 2. The Balaban J connectivity index is 2.19. The molecule has 0 saturated heterocycles. The summed E-state index contributed by atoms with van der Waals surface area (Å²) in [4.78, 5) is 12.3. The first kappa shape index (κ1) is 16.7. The highest BCUT2D eigenvalue weighted by Crippen LogP contribution is 2.27. The molecule has 2 aromatic rings. The minimum Gasteiger partial charge on any atom is -0.290 e. The minimum atomic E-state index is -1.32. The topological polar surface area (TPSA) is 115 Å². The van der Waals surface area contributed by atoms with Crippen molar-refractivity contribution in [3.8, 4) is 12.1 Å². The Morgan fingerprint density at radius 3 is 2.87 bits per heavy atom. The van der Waals surface area contributed by atoms with Crippen molar-refractivity contribution in [1.82, 2.24) is 10.2 Å². The molecule has 0 spiro atoms. The van der Waals surface area contributed by atoms with E-state index in [1.165, 1.54) is 35.2 Å². The number of carbonyl (C=O) groups is 1. The molecule has 1 unspecified atom stereocenters. The summed E-state index contributed by atoms with van der Waals surface area (Å²) in [7, 11) is 0. The van der Waals surface area contributed by atoms with Gasteiger partial charge in [-0.2, -0.15) is 15.6 Å². The summed E-state index contributed by atoms with van der Waals surface area (Å²) in [6.45, 7) is 1.99. The van der Waals surface area contributed by atoms with E-state index >= 15 is 0 Å². The first-order chi connectivity index (χ1) is 11.2. The molecule has 0 fully saturated rings. The number of hydrogen-bond donors (Lipinski definition) is 0. The van der Waals surface area contributed by atoms with E-state index in [9.17, 15) is 4.79 Å². The molecular weight excluding hydrogens is 332 g/mol. The van der Waals surface area contributed by atoms with Crippen molar-refractivity contribution in [1.29, 1.82) is 10.5 Å². The van der Waals surface area contributed by atoms with E-state index in [-0.39, 0.29) is 16.3 Å². The highest BCUT2D eigenvalue weighted by Gasteiger charge is 2.22. The van der Waals surface area contributed by atoms with E-state index in [1.54, 1.807) is 18.2 Å². The van der Waals surface area contributed by atoms with E-state index in [0.717, 1.165) is 10.1 Å². The molecule has 0 aliphatic rings. The molecule has 0 saturated carbocycles. The standard InChI is InChI=1S/C14H10N6OS2/c1-2-22-14-20-19-13(23-14)18-17-11(8-16)12(21)10-6-4-3-5-9(10)7-15/h3-6,11H,2H2,1H3. The number of thioether (sulfide) groups is 1. The summed E-state index contributed by atoms with van der Waals surface area (Å²) in [5.74, 6) is 0.289. The Kier molecular flexibility index (Phi) is 5.92. The molecule has 0 aliphatic carbocycles. The second-order valence-electron chi connectivity index (χ2n) is 4.05. The summed E-state index contributed by atoms with van der Waals surface area (Å²) in [6.07, 6.45) is 0. The maximum absolute atomic E-state index is 12.3. The molecule has 1 atom stereocenters. The van der Waals surface area contributed by atoms with Crippen molar-refractivity contribution in [2.24, 2.45) is 10.2 Å². The van der Waals surface area contributed by atoms with Gasteiger partial charge in [-0.15, -0.1) is 15.3 Å². The maximum atomic E-state index is 12.3. The lowest BCUT2D eigenvalue weighted by Gasteiger charge is -2.03. The predicted molar refractivity (Wildman–Crippen MR) is 85.7 cm³/mol. The Bertz CT molecular complexity index is 817. The van der Waals surface area contributed by atoms with Crippen LogP contribution in [0.15, 0.2) is 38.8 Å². The van der Waals surface area contributed by atoms with Crippen molar-refractivity contribution in [2.75, 3.05) is 5.75 Å². The van der Waals surface area contributed by atoms with Crippen LogP contribution in [-0.4, -0.2) is 27.8 Å². The smallest absolute Gasteiger partial charge is 0.252 e. The van der Waals surface area contributed by atoms with Gasteiger partial charge in [-0.3, -0.25) is 4.79 Å². The molecule has 0 aliphatic heterocycles. The SMILES string of the molecule is CCSc1nnc(N=NC(C#N)C(=O)c2ccccc2C#N)s1. The molecule has 23 heavy (non-hydrogen) atoms.